The molecular weight excluding hydrogens is 390 g/mol. The molecule has 0 unspecified atom stereocenters. The fourth-order valence-corrected chi connectivity index (χ4v) is 3.73. The molecule has 1 aliphatic rings. The maximum atomic E-state index is 5.25. The molecule has 1 saturated heterocycles. The van der Waals surface area contributed by atoms with Crippen LogP contribution in [-0.4, -0.2) is 80.1 Å². The van der Waals surface area contributed by atoms with Gasteiger partial charge < -0.3 is 20.3 Å². The number of nitrogens with one attached hydrogen (secondary N) is 2. The molecule has 0 amide bonds. The maximum Gasteiger partial charge on any atom is 0.191 e. The largest absolute Gasteiger partial charge is 0.497 e. The molecule has 31 heavy (non-hydrogen) atoms. The number of rotatable bonds is 11. The maximum absolute atomic E-state index is 5.25. The summed E-state index contributed by atoms with van der Waals surface area (Å²) in [7, 11) is 1.71. The zero-order chi connectivity index (χ0) is 21.7. The fraction of sp³-hybridized carbons (Fsp3) is 0.565. The van der Waals surface area contributed by atoms with Crippen LogP contribution in [0.15, 0.2) is 47.7 Å². The first-order chi connectivity index (χ1) is 15.3. The zero-order valence-corrected chi connectivity index (χ0v) is 19.0. The molecule has 0 spiro atoms. The second kappa shape index (κ2) is 12.8. The van der Waals surface area contributed by atoms with Crippen LogP contribution in [0.5, 0.6) is 5.75 Å². The summed E-state index contributed by atoms with van der Waals surface area (Å²) >= 11 is 0. The van der Waals surface area contributed by atoms with E-state index in [9.17, 15) is 0 Å². The number of anilines is 1. The van der Waals surface area contributed by atoms with Crippen LogP contribution in [0, 0.1) is 0 Å². The van der Waals surface area contributed by atoms with Gasteiger partial charge in [0.15, 0.2) is 5.96 Å². The molecule has 0 aliphatic carbocycles. The lowest BCUT2D eigenvalue weighted by atomic mass is 10.2. The van der Waals surface area contributed by atoms with Crippen molar-refractivity contribution in [1.29, 1.82) is 0 Å². The van der Waals surface area contributed by atoms with E-state index >= 15 is 0 Å². The standard InChI is InChI=1S/C23H37N7O/c1-3-24-23(26-12-5-15-30-16-6-13-27-30)25-11-4-14-28-17-19-29(20-18-28)21-7-9-22(31-2)10-8-21/h6-10,13,16H,3-5,11-12,14-15,17-20H2,1-2H3,(H2,24,25,26). The quantitative estimate of drug-likeness (QED) is 0.325. The highest BCUT2D eigenvalue weighted by Crippen LogP contribution is 2.20. The minimum Gasteiger partial charge on any atom is -0.497 e. The Morgan fingerprint density at radius 1 is 1.06 bits per heavy atom. The van der Waals surface area contributed by atoms with Gasteiger partial charge in [0.05, 0.1) is 7.11 Å². The van der Waals surface area contributed by atoms with Gasteiger partial charge in [0.1, 0.15) is 5.75 Å². The van der Waals surface area contributed by atoms with Gasteiger partial charge in [0.25, 0.3) is 0 Å². The molecule has 1 aliphatic heterocycles. The molecule has 2 aromatic rings. The van der Waals surface area contributed by atoms with Crippen molar-refractivity contribution < 1.29 is 4.74 Å². The summed E-state index contributed by atoms with van der Waals surface area (Å²) in [6.45, 7) is 11.1. The average Bonchev–Trinajstić information content (AvgIpc) is 3.33. The summed E-state index contributed by atoms with van der Waals surface area (Å²) in [4.78, 5) is 9.68. The normalized spacial score (nSPS) is 15.2. The third-order valence-electron chi connectivity index (χ3n) is 5.47. The lowest BCUT2D eigenvalue weighted by Crippen LogP contribution is -2.47. The lowest BCUT2D eigenvalue weighted by molar-refractivity contribution is 0.255. The molecule has 1 aromatic carbocycles. The number of ether oxygens (including phenoxy) is 1. The smallest absolute Gasteiger partial charge is 0.191 e. The van der Waals surface area contributed by atoms with Crippen molar-refractivity contribution >= 4 is 11.6 Å². The van der Waals surface area contributed by atoms with Crippen LogP contribution in [0.1, 0.15) is 19.8 Å². The van der Waals surface area contributed by atoms with Gasteiger partial charge in [-0.2, -0.15) is 5.10 Å². The van der Waals surface area contributed by atoms with Crippen molar-refractivity contribution in [3.05, 3.63) is 42.7 Å². The van der Waals surface area contributed by atoms with Crippen molar-refractivity contribution in [1.82, 2.24) is 25.3 Å². The van der Waals surface area contributed by atoms with E-state index in [1.807, 2.05) is 35.3 Å². The molecular formula is C23H37N7O. The summed E-state index contributed by atoms with van der Waals surface area (Å²) in [5, 5.41) is 11.0. The van der Waals surface area contributed by atoms with E-state index in [0.717, 1.165) is 83.5 Å². The Kier molecular flexibility index (Phi) is 9.50. The minimum absolute atomic E-state index is 0.794. The van der Waals surface area contributed by atoms with E-state index in [2.05, 4.69) is 49.6 Å². The van der Waals surface area contributed by atoms with Crippen molar-refractivity contribution in [3.8, 4) is 5.75 Å². The van der Waals surface area contributed by atoms with E-state index in [0.29, 0.717) is 0 Å². The predicted molar refractivity (Wildman–Crippen MR) is 127 cm³/mol. The number of hydrogen-bond donors (Lipinski definition) is 2. The number of hydrogen-bond acceptors (Lipinski definition) is 5. The van der Waals surface area contributed by atoms with Gasteiger partial charge in [-0.25, -0.2) is 0 Å². The van der Waals surface area contributed by atoms with E-state index in [1.54, 1.807) is 7.11 Å². The van der Waals surface area contributed by atoms with Crippen LogP contribution in [0.4, 0.5) is 5.69 Å². The molecule has 1 fully saturated rings. The molecule has 0 bridgehead atoms. The zero-order valence-electron chi connectivity index (χ0n) is 19.0. The Morgan fingerprint density at radius 2 is 1.87 bits per heavy atom. The fourth-order valence-electron chi connectivity index (χ4n) is 3.73. The molecule has 3 rings (SSSR count). The van der Waals surface area contributed by atoms with Crippen molar-refractivity contribution in [2.24, 2.45) is 4.99 Å². The first kappa shape index (κ1) is 22.9. The summed E-state index contributed by atoms with van der Waals surface area (Å²) in [5.41, 5.74) is 1.28. The molecule has 170 valence electrons. The van der Waals surface area contributed by atoms with Gasteiger partial charge in [-0.3, -0.25) is 14.6 Å². The van der Waals surface area contributed by atoms with Gasteiger partial charge in [0.2, 0.25) is 0 Å². The molecule has 1 aromatic heterocycles. The number of benzene rings is 1. The number of piperazine rings is 1. The van der Waals surface area contributed by atoms with E-state index < -0.39 is 0 Å². The number of aliphatic imine (C=N–C) groups is 1. The SMILES string of the molecule is CCNC(=NCCCn1cccn1)NCCCN1CCN(c2ccc(OC)cc2)CC1. The third-order valence-corrected chi connectivity index (χ3v) is 5.47. The molecule has 8 nitrogen and oxygen atoms in total. The second-order valence-electron chi connectivity index (χ2n) is 7.69. The van der Waals surface area contributed by atoms with E-state index in [1.165, 1.54) is 5.69 Å². The van der Waals surface area contributed by atoms with Gasteiger partial charge >= 0.3 is 0 Å². The van der Waals surface area contributed by atoms with Gasteiger partial charge in [0, 0.05) is 70.4 Å². The number of methoxy groups -OCH3 is 1. The predicted octanol–water partition coefficient (Wildman–Crippen LogP) is 2.05. The van der Waals surface area contributed by atoms with Crippen LogP contribution < -0.4 is 20.3 Å². The molecule has 0 atom stereocenters. The minimum atomic E-state index is 0.794. The van der Waals surface area contributed by atoms with Gasteiger partial charge in [-0.15, -0.1) is 0 Å². The Bertz CT molecular complexity index is 753. The highest BCUT2D eigenvalue weighted by atomic mass is 16.5. The molecule has 2 N–H and O–H groups in total. The summed E-state index contributed by atoms with van der Waals surface area (Å²) < 4.78 is 7.20. The van der Waals surface area contributed by atoms with Crippen molar-refractivity contribution in [2.45, 2.75) is 26.3 Å². The Balaban J connectivity index is 1.30. The molecule has 8 heteroatoms. The van der Waals surface area contributed by atoms with Crippen LogP contribution in [-0.2, 0) is 6.54 Å². The molecule has 0 saturated carbocycles. The van der Waals surface area contributed by atoms with E-state index in [4.69, 9.17) is 4.74 Å². The topological polar surface area (TPSA) is 70.0 Å². The third kappa shape index (κ3) is 7.79. The number of nitrogens with zero attached hydrogens (tertiary/aromatic N) is 5. The second-order valence-corrected chi connectivity index (χ2v) is 7.69. The number of aromatic nitrogens is 2. The monoisotopic (exact) mass is 427 g/mol. The Labute approximate surface area is 186 Å². The van der Waals surface area contributed by atoms with Crippen LogP contribution in [0.2, 0.25) is 0 Å². The van der Waals surface area contributed by atoms with Crippen LogP contribution in [0.25, 0.3) is 0 Å². The summed E-state index contributed by atoms with van der Waals surface area (Å²) in [5.74, 6) is 1.82. The Hall–Kier alpha value is -2.74. The van der Waals surface area contributed by atoms with Crippen LogP contribution in [0.3, 0.4) is 0 Å². The van der Waals surface area contributed by atoms with E-state index in [-0.39, 0.29) is 0 Å². The summed E-state index contributed by atoms with van der Waals surface area (Å²) in [6, 6.07) is 10.3. The van der Waals surface area contributed by atoms with Gasteiger partial charge in [-0.1, -0.05) is 0 Å². The lowest BCUT2D eigenvalue weighted by Gasteiger charge is -2.36. The number of guanidine groups is 1. The highest BCUT2D eigenvalue weighted by molar-refractivity contribution is 5.79. The molecule has 2 heterocycles. The summed E-state index contributed by atoms with van der Waals surface area (Å²) in [6.07, 6.45) is 5.90. The first-order valence-electron chi connectivity index (χ1n) is 11.4. The molecule has 0 radical (unpaired) electrons. The number of aryl methyl sites for hydroxylation is 1. The van der Waals surface area contributed by atoms with Crippen molar-refractivity contribution in [3.63, 3.8) is 0 Å². The van der Waals surface area contributed by atoms with Gasteiger partial charge in [-0.05, 0) is 56.6 Å². The highest BCUT2D eigenvalue weighted by Gasteiger charge is 2.16. The first-order valence-corrected chi connectivity index (χ1v) is 11.4. The average molecular weight is 428 g/mol. The van der Waals surface area contributed by atoms with Crippen LogP contribution >= 0.6 is 0 Å². The van der Waals surface area contributed by atoms with Crippen molar-refractivity contribution in [2.75, 3.05) is 64.4 Å². The Morgan fingerprint density at radius 3 is 2.55 bits per heavy atom.